The van der Waals surface area contributed by atoms with Crippen LogP contribution in [-0.2, 0) is 9.53 Å². The van der Waals surface area contributed by atoms with Crippen LogP contribution >= 0.6 is 0 Å². The number of para-hydroxylation sites is 1. The second kappa shape index (κ2) is 6.53. The van der Waals surface area contributed by atoms with Gasteiger partial charge in [-0.05, 0) is 19.1 Å². The minimum absolute atomic E-state index is 0.243. The summed E-state index contributed by atoms with van der Waals surface area (Å²) in [5.41, 5.74) is 1.28. The number of nitrogens with one attached hydrogen (secondary N) is 1. The molecule has 0 saturated heterocycles. The van der Waals surface area contributed by atoms with E-state index in [1.165, 1.54) is 0 Å². The Morgan fingerprint density at radius 3 is 3.00 bits per heavy atom. The first-order valence-electron chi connectivity index (χ1n) is 6.44. The number of nitrogens with zero attached hydrogens (tertiary/aromatic N) is 2. The molecule has 0 bridgehead atoms. The maximum absolute atomic E-state index is 11.3. The minimum atomic E-state index is -0.265. The number of hydrogen-bond acceptors (Lipinski definition) is 5. The van der Waals surface area contributed by atoms with Gasteiger partial charge >= 0.3 is 5.97 Å². The Morgan fingerprint density at radius 1 is 1.45 bits per heavy atom. The monoisotopic (exact) mass is 269 g/mol. The minimum Gasteiger partial charge on any atom is -0.466 e. The van der Waals surface area contributed by atoms with Crippen molar-refractivity contribution in [1.82, 2.24) is 4.98 Å². The molecular weight excluding hydrogens is 254 g/mol. The third kappa shape index (κ3) is 3.23. The first-order chi connectivity index (χ1) is 9.74. The predicted octanol–water partition coefficient (Wildman–Crippen LogP) is 2.47. The third-order valence-corrected chi connectivity index (χ3v) is 2.77. The largest absolute Gasteiger partial charge is 0.466 e. The molecule has 0 saturated carbocycles. The number of carbonyl (C=O) groups is 1. The fourth-order valence-electron chi connectivity index (χ4n) is 1.85. The van der Waals surface area contributed by atoms with Crippen molar-refractivity contribution >= 4 is 22.7 Å². The van der Waals surface area contributed by atoms with Gasteiger partial charge in [0, 0.05) is 11.9 Å². The number of esters is 1. The molecule has 5 heteroatoms. The lowest BCUT2D eigenvalue weighted by molar-refractivity contribution is -0.142. The fraction of sp³-hybridized carbons (Fsp3) is 0.267. The van der Waals surface area contributed by atoms with E-state index < -0.39 is 0 Å². The van der Waals surface area contributed by atoms with Gasteiger partial charge in [0.05, 0.1) is 24.1 Å². The fourth-order valence-corrected chi connectivity index (χ4v) is 1.85. The van der Waals surface area contributed by atoms with Crippen LogP contribution < -0.4 is 5.32 Å². The summed E-state index contributed by atoms with van der Waals surface area (Å²) in [6.45, 7) is 2.53. The van der Waals surface area contributed by atoms with Crippen LogP contribution in [0.25, 0.3) is 10.9 Å². The second-order valence-corrected chi connectivity index (χ2v) is 4.17. The van der Waals surface area contributed by atoms with Crippen LogP contribution in [0.2, 0.25) is 0 Å². The van der Waals surface area contributed by atoms with Crippen LogP contribution in [0.4, 0.5) is 5.82 Å². The highest BCUT2D eigenvalue weighted by molar-refractivity contribution is 5.82. The zero-order valence-electron chi connectivity index (χ0n) is 11.2. The van der Waals surface area contributed by atoms with Crippen molar-refractivity contribution in [2.45, 2.75) is 13.3 Å². The van der Waals surface area contributed by atoms with Gasteiger partial charge in [-0.15, -0.1) is 0 Å². The van der Waals surface area contributed by atoms with Crippen molar-refractivity contribution in [2.24, 2.45) is 0 Å². The Kier molecular flexibility index (Phi) is 4.51. The van der Waals surface area contributed by atoms with E-state index in [1.54, 1.807) is 13.0 Å². The van der Waals surface area contributed by atoms with Crippen LogP contribution in [-0.4, -0.2) is 24.1 Å². The molecule has 0 radical (unpaired) electrons. The number of fused-ring (bicyclic) bond motifs is 1. The SMILES string of the molecule is CCOC(=O)CCNc1nc2ccccc2cc1C#N. The number of carbonyl (C=O) groups excluding carboxylic acids is 1. The molecule has 1 heterocycles. The van der Waals surface area contributed by atoms with Gasteiger partial charge in [-0.1, -0.05) is 18.2 Å². The number of anilines is 1. The summed E-state index contributed by atoms with van der Waals surface area (Å²) >= 11 is 0. The molecule has 5 nitrogen and oxygen atoms in total. The van der Waals surface area contributed by atoms with Gasteiger partial charge in [0.15, 0.2) is 0 Å². The molecule has 0 atom stereocenters. The molecule has 2 aromatic rings. The van der Waals surface area contributed by atoms with E-state index in [2.05, 4.69) is 16.4 Å². The Morgan fingerprint density at radius 2 is 2.25 bits per heavy atom. The number of rotatable bonds is 5. The summed E-state index contributed by atoms with van der Waals surface area (Å²) in [6.07, 6.45) is 0.243. The van der Waals surface area contributed by atoms with Gasteiger partial charge in [-0.2, -0.15) is 5.26 Å². The summed E-state index contributed by atoms with van der Waals surface area (Å²) in [4.78, 5) is 15.7. The van der Waals surface area contributed by atoms with E-state index in [0.717, 1.165) is 10.9 Å². The molecule has 102 valence electrons. The van der Waals surface area contributed by atoms with Gasteiger partial charge in [0.25, 0.3) is 0 Å². The molecule has 0 spiro atoms. The van der Waals surface area contributed by atoms with Crippen molar-refractivity contribution < 1.29 is 9.53 Å². The molecule has 1 aromatic heterocycles. The maximum Gasteiger partial charge on any atom is 0.307 e. The first-order valence-corrected chi connectivity index (χ1v) is 6.44. The van der Waals surface area contributed by atoms with Crippen LogP contribution in [0.1, 0.15) is 18.9 Å². The van der Waals surface area contributed by atoms with E-state index in [-0.39, 0.29) is 12.4 Å². The molecule has 20 heavy (non-hydrogen) atoms. The first kappa shape index (κ1) is 13.8. The van der Waals surface area contributed by atoms with Crippen LogP contribution in [0.15, 0.2) is 30.3 Å². The topological polar surface area (TPSA) is 75.0 Å². The molecule has 2 rings (SSSR count). The van der Waals surface area contributed by atoms with Gasteiger partial charge in [-0.3, -0.25) is 4.79 Å². The molecule has 0 aliphatic heterocycles. The highest BCUT2D eigenvalue weighted by Gasteiger charge is 2.07. The average Bonchev–Trinajstić information content (AvgIpc) is 2.46. The Bertz CT molecular complexity index is 662. The van der Waals surface area contributed by atoms with E-state index in [9.17, 15) is 4.79 Å². The zero-order chi connectivity index (χ0) is 14.4. The van der Waals surface area contributed by atoms with Crippen molar-refractivity contribution in [1.29, 1.82) is 5.26 Å². The van der Waals surface area contributed by atoms with E-state index in [4.69, 9.17) is 10.00 Å². The molecule has 0 fully saturated rings. The Labute approximate surface area is 117 Å². The van der Waals surface area contributed by atoms with Gasteiger partial charge in [0.1, 0.15) is 11.9 Å². The quantitative estimate of drug-likeness (QED) is 0.844. The summed E-state index contributed by atoms with van der Waals surface area (Å²) < 4.78 is 4.84. The summed E-state index contributed by atoms with van der Waals surface area (Å²) in [5.74, 6) is 0.231. The normalized spacial score (nSPS) is 10.0. The standard InChI is InChI=1S/C15H15N3O2/c1-2-20-14(19)7-8-17-15-12(10-16)9-11-5-3-4-6-13(11)18-15/h3-6,9H,2,7-8H2,1H3,(H,17,18). The molecule has 0 aliphatic carbocycles. The predicted molar refractivity (Wildman–Crippen MR) is 76.2 cm³/mol. The smallest absolute Gasteiger partial charge is 0.307 e. The van der Waals surface area contributed by atoms with E-state index >= 15 is 0 Å². The van der Waals surface area contributed by atoms with E-state index in [0.29, 0.717) is 24.5 Å². The lowest BCUT2D eigenvalue weighted by Crippen LogP contribution is -2.12. The third-order valence-electron chi connectivity index (χ3n) is 2.77. The summed E-state index contributed by atoms with van der Waals surface area (Å²) in [7, 11) is 0. The van der Waals surface area contributed by atoms with Gasteiger partial charge in [-0.25, -0.2) is 4.98 Å². The molecule has 1 N–H and O–H groups in total. The maximum atomic E-state index is 11.3. The van der Waals surface area contributed by atoms with Crippen molar-refractivity contribution in [3.63, 3.8) is 0 Å². The summed E-state index contributed by atoms with van der Waals surface area (Å²) in [5, 5.41) is 13.1. The van der Waals surface area contributed by atoms with E-state index in [1.807, 2.05) is 24.3 Å². The highest BCUT2D eigenvalue weighted by Crippen LogP contribution is 2.19. The molecule has 0 unspecified atom stereocenters. The van der Waals surface area contributed by atoms with Crippen molar-refractivity contribution in [3.05, 3.63) is 35.9 Å². The van der Waals surface area contributed by atoms with Crippen molar-refractivity contribution in [2.75, 3.05) is 18.5 Å². The van der Waals surface area contributed by atoms with Crippen LogP contribution in [0, 0.1) is 11.3 Å². The average molecular weight is 269 g/mol. The van der Waals surface area contributed by atoms with Crippen molar-refractivity contribution in [3.8, 4) is 6.07 Å². The summed E-state index contributed by atoms with van der Waals surface area (Å²) in [6, 6.07) is 11.5. The number of ether oxygens (including phenoxy) is 1. The molecular formula is C15H15N3O2. The lowest BCUT2D eigenvalue weighted by atomic mass is 10.1. The van der Waals surface area contributed by atoms with Gasteiger partial charge in [0.2, 0.25) is 0 Å². The Balaban J connectivity index is 2.13. The number of aromatic nitrogens is 1. The van der Waals surface area contributed by atoms with Gasteiger partial charge < -0.3 is 10.1 Å². The van der Waals surface area contributed by atoms with Crippen LogP contribution in [0.5, 0.6) is 0 Å². The van der Waals surface area contributed by atoms with Crippen LogP contribution in [0.3, 0.4) is 0 Å². The lowest BCUT2D eigenvalue weighted by Gasteiger charge is -2.08. The molecule has 1 aromatic carbocycles. The zero-order valence-corrected chi connectivity index (χ0v) is 11.2. The highest BCUT2D eigenvalue weighted by atomic mass is 16.5. The second-order valence-electron chi connectivity index (χ2n) is 4.17. The Hall–Kier alpha value is -2.61. The number of hydrogen-bond donors (Lipinski definition) is 1. The molecule has 0 aliphatic rings. The number of pyridine rings is 1. The number of nitriles is 1. The number of benzene rings is 1. The molecule has 0 amide bonds.